The molecular formula is C14H21N3O4. The summed E-state index contributed by atoms with van der Waals surface area (Å²) in [6.07, 6.45) is 1.22. The molecule has 1 aliphatic heterocycles. The number of hydrogen-bond donors (Lipinski definition) is 0. The Morgan fingerprint density at radius 2 is 2.05 bits per heavy atom. The SMILES string of the molecule is COC(=O)c1ncn2c1CN(C(=O)OC(C)(C)C)C[C@H]2C. The Labute approximate surface area is 123 Å². The van der Waals surface area contributed by atoms with Gasteiger partial charge in [-0.1, -0.05) is 0 Å². The van der Waals surface area contributed by atoms with Gasteiger partial charge in [-0.25, -0.2) is 14.6 Å². The molecule has 0 radical (unpaired) electrons. The van der Waals surface area contributed by atoms with E-state index >= 15 is 0 Å². The minimum Gasteiger partial charge on any atom is -0.464 e. The van der Waals surface area contributed by atoms with Gasteiger partial charge in [0.25, 0.3) is 0 Å². The average Bonchev–Trinajstić information content (AvgIpc) is 2.80. The summed E-state index contributed by atoms with van der Waals surface area (Å²) in [5, 5.41) is 0. The van der Waals surface area contributed by atoms with Gasteiger partial charge in [-0.2, -0.15) is 0 Å². The van der Waals surface area contributed by atoms with Crippen LogP contribution in [0.3, 0.4) is 0 Å². The Balaban J connectivity index is 2.24. The minimum absolute atomic E-state index is 0.0205. The highest BCUT2D eigenvalue weighted by Gasteiger charge is 2.32. The van der Waals surface area contributed by atoms with Crippen LogP contribution in [0.15, 0.2) is 6.33 Å². The Hall–Kier alpha value is -2.05. The van der Waals surface area contributed by atoms with Gasteiger partial charge in [-0.3, -0.25) is 0 Å². The van der Waals surface area contributed by atoms with Crippen LogP contribution in [0.2, 0.25) is 0 Å². The summed E-state index contributed by atoms with van der Waals surface area (Å²) in [5.41, 5.74) is 0.368. The van der Waals surface area contributed by atoms with Crippen molar-refractivity contribution >= 4 is 12.1 Å². The normalized spacial score (nSPS) is 18.1. The third-order valence-corrected chi connectivity index (χ3v) is 3.23. The lowest BCUT2D eigenvalue weighted by atomic mass is 10.2. The molecule has 0 saturated carbocycles. The van der Waals surface area contributed by atoms with E-state index in [1.165, 1.54) is 7.11 Å². The number of ether oxygens (including phenoxy) is 2. The molecule has 1 amide bonds. The lowest BCUT2D eigenvalue weighted by molar-refractivity contribution is 0.0170. The molecule has 0 fully saturated rings. The maximum absolute atomic E-state index is 12.2. The first-order valence-electron chi connectivity index (χ1n) is 6.85. The summed E-state index contributed by atoms with van der Waals surface area (Å²) in [6, 6.07) is 0.0205. The van der Waals surface area contributed by atoms with Crippen LogP contribution in [0.4, 0.5) is 4.79 Å². The summed E-state index contributed by atoms with van der Waals surface area (Å²) in [5.74, 6) is -0.498. The molecule has 2 heterocycles. The predicted octanol–water partition coefficient (Wildman–Crippen LogP) is 1.98. The topological polar surface area (TPSA) is 73.7 Å². The van der Waals surface area contributed by atoms with Crippen LogP contribution in [0, 0.1) is 0 Å². The van der Waals surface area contributed by atoms with Gasteiger partial charge in [-0.15, -0.1) is 0 Å². The molecule has 0 spiro atoms. The third kappa shape index (κ3) is 3.17. The van der Waals surface area contributed by atoms with E-state index < -0.39 is 17.7 Å². The monoisotopic (exact) mass is 295 g/mol. The number of imidazole rings is 1. The number of hydrogen-bond acceptors (Lipinski definition) is 5. The first-order valence-corrected chi connectivity index (χ1v) is 6.85. The molecule has 0 aromatic carbocycles. The van der Waals surface area contributed by atoms with Gasteiger partial charge in [0.2, 0.25) is 0 Å². The van der Waals surface area contributed by atoms with Crippen LogP contribution < -0.4 is 0 Å². The van der Waals surface area contributed by atoms with Crippen molar-refractivity contribution in [1.82, 2.24) is 14.5 Å². The third-order valence-electron chi connectivity index (χ3n) is 3.23. The van der Waals surface area contributed by atoms with Crippen molar-refractivity contribution in [1.29, 1.82) is 0 Å². The van der Waals surface area contributed by atoms with E-state index in [4.69, 9.17) is 9.47 Å². The number of rotatable bonds is 1. The number of aromatic nitrogens is 2. The predicted molar refractivity (Wildman–Crippen MR) is 74.9 cm³/mol. The summed E-state index contributed by atoms with van der Waals surface area (Å²) < 4.78 is 12.0. The number of esters is 1. The standard InChI is InChI=1S/C14H21N3O4/c1-9-6-16(13(19)21-14(2,3)4)7-10-11(12(18)20-5)15-8-17(9)10/h8-9H,6-7H2,1-5H3/t9-/m1/s1. The molecule has 0 bridgehead atoms. The van der Waals surface area contributed by atoms with Gasteiger partial charge in [0.15, 0.2) is 5.69 Å². The van der Waals surface area contributed by atoms with Crippen LogP contribution in [-0.4, -0.2) is 45.8 Å². The van der Waals surface area contributed by atoms with Gasteiger partial charge in [0.05, 0.1) is 25.7 Å². The zero-order chi connectivity index (χ0) is 15.8. The van der Waals surface area contributed by atoms with Gasteiger partial charge in [0.1, 0.15) is 5.60 Å². The molecule has 0 aliphatic carbocycles. The van der Waals surface area contributed by atoms with E-state index in [2.05, 4.69) is 4.98 Å². The minimum atomic E-state index is -0.552. The van der Waals surface area contributed by atoms with Crippen molar-refractivity contribution in [3.05, 3.63) is 17.7 Å². The molecule has 7 heteroatoms. The number of amides is 1. The zero-order valence-electron chi connectivity index (χ0n) is 13.0. The van der Waals surface area contributed by atoms with Crippen molar-refractivity contribution in [2.45, 2.75) is 45.9 Å². The van der Waals surface area contributed by atoms with Gasteiger partial charge >= 0.3 is 12.1 Å². The molecule has 2 rings (SSSR count). The van der Waals surface area contributed by atoms with Gasteiger partial charge < -0.3 is 18.9 Å². The summed E-state index contributed by atoms with van der Waals surface area (Å²) in [6.45, 7) is 8.22. The van der Waals surface area contributed by atoms with Crippen LogP contribution in [0.5, 0.6) is 0 Å². The molecule has 0 unspecified atom stereocenters. The smallest absolute Gasteiger partial charge is 0.410 e. The Morgan fingerprint density at radius 3 is 2.62 bits per heavy atom. The van der Waals surface area contributed by atoms with Crippen LogP contribution >= 0.6 is 0 Å². The number of carbonyl (C=O) groups excluding carboxylic acids is 2. The highest BCUT2D eigenvalue weighted by atomic mass is 16.6. The van der Waals surface area contributed by atoms with Crippen LogP contribution in [0.25, 0.3) is 0 Å². The van der Waals surface area contributed by atoms with Crippen molar-refractivity contribution in [2.24, 2.45) is 0 Å². The van der Waals surface area contributed by atoms with E-state index in [0.717, 1.165) is 0 Å². The maximum Gasteiger partial charge on any atom is 0.410 e. The summed E-state index contributed by atoms with van der Waals surface area (Å²) >= 11 is 0. The fraction of sp³-hybridized carbons (Fsp3) is 0.643. The van der Waals surface area contributed by atoms with Crippen molar-refractivity contribution in [3.63, 3.8) is 0 Å². The molecular weight excluding hydrogens is 274 g/mol. The van der Waals surface area contributed by atoms with E-state index in [1.807, 2.05) is 32.3 Å². The first kappa shape index (κ1) is 15.3. The quantitative estimate of drug-likeness (QED) is 0.741. The van der Waals surface area contributed by atoms with Crippen molar-refractivity contribution in [3.8, 4) is 0 Å². The number of fused-ring (bicyclic) bond motifs is 1. The second-order valence-electron chi connectivity index (χ2n) is 6.15. The average molecular weight is 295 g/mol. The van der Waals surface area contributed by atoms with Crippen molar-refractivity contribution in [2.75, 3.05) is 13.7 Å². The molecule has 7 nitrogen and oxygen atoms in total. The summed E-state index contributed by atoms with van der Waals surface area (Å²) in [7, 11) is 1.31. The van der Waals surface area contributed by atoms with Crippen molar-refractivity contribution < 1.29 is 19.1 Å². The molecule has 1 aliphatic rings. The fourth-order valence-electron chi connectivity index (χ4n) is 2.31. The lowest BCUT2D eigenvalue weighted by Crippen LogP contribution is -2.43. The first-order chi connectivity index (χ1) is 9.73. The zero-order valence-corrected chi connectivity index (χ0v) is 13.0. The van der Waals surface area contributed by atoms with Gasteiger partial charge in [-0.05, 0) is 27.7 Å². The van der Waals surface area contributed by atoms with E-state index in [9.17, 15) is 9.59 Å². The fourth-order valence-corrected chi connectivity index (χ4v) is 2.31. The molecule has 1 atom stereocenters. The summed E-state index contributed by atoms with van der Waals surface area (Å²) in [4.78, 5) is 29.6. The second kappa shape index (κ2) is 5.38. The van der Waals surface area contributed by atoms with Gasteiger partial charge in [0, 0.05) is 12.6 Å². The van der Waals surface area contributed by atoms with E-state index in [-0.39, 0.29) is 18.3 Å². The maximum atomic E-state index is 12.2. The molecule has 0 saturated heterocycles. The Bertz CT molecular complexity index is 559. The number of methoxy groups -OCH3 is 1. The second-order valence-corrected chi connectivity index (χ2v) is 6.15. The Morgan fingerprint density at radius 1 is 1.38 bits per heavy atom. The highest BCUT2D eigenvalue weighted by molar-refractivity contribution is 5.88. The Kier molecular flexibility index (Phi) is 3.93. The van der Waals surface area contributed by atoms with Crippen LogP contribution in [0.1, 0.15) is 49.9 Å². The van der Waals surface area contributed by atoms with Crippen LogP contribution in [-0.2, 0) is 16.0 Å². The largest absolute Gasteiger partial charge is 0.464 e. The molecule has 21 heavy (non-hydrogen) atoms. The number of carbonyl (C=O) groups is 2. The molecule has 1 aromatic heterocycles. The molecule has 116 valence electrons. The number of nitrogens with zero attached hydrogens (tertiary/aromatic N) is 3. The van der Waals surface area contributed by atoms with E-state index in [1.54, 1.807) is 11.2 Å². The highest BCUT2D eigenvalue weighted by Crippen LogP contribution is 2.25. The molecule has 1 aromatic rings. The lowest BCUT2D eigenvalue weighted by Gasteiger charge is -2.34. The molecule has 0 N–H and O–H groups in total. The van der Waals surface area contributed by atoms with E-state index in [0.29, 0.717) is 12.2 Å².